The maximum Gasteiger partial charge on any atom is 0.344 e. The predicted octanol–water partition coefficient (Wildman–Crippen LogP) is 12.5. The van der Waals surface area contributed by atoms with Crippen LogP contribution < -0.4 is 9.47 Å². The second kappa shape index (κ2) is 24.8. The third-order valence-electron chi connectivity index (χ3n) is 13.2. The molecule has 2 aliphatic carbocycles. The molecule has 16 heteroatoms. The van der Waals surface area contributed by atoms with E-state index in [1.807, 2.05) is 112 Å². The van der Waals surface area contributed by atoms with Crippen molar-refractivity contribution >= 4 is 55.5 Å². The number of hydrogen-bond acceptors (Lipinski definition) is 11. The molecule has 12 nitrogen and oxygen atoms in total. The summed E-state index contributed by atoms with van der Waals surface area (Å²) in [6.07, 6.45) is 10.5. The first kappa shape index (κ1) is 56.1. The van der Waals surface area contributed by atoms with E-state index in [1.54, 1.807) is 74.0 Å². The summed E-state index contributed by atoms with van der Waals surface area (Å²) in [5.74, 6) is -0.364. The number of thioether (sulfide) groups is 2. The van der Waals surface area contributed by atoms with Crippen molar-refractivity contribution in [2.75, 3.05) is 39.8 Å². The fraction of sp³-hybridized carbons (Fsp3) is 0.345. The normalized spacial score (nSPS) is 15.9. The standard InChI is InChI=1S/C31H37NO5S2.C27H29NO5S2/c1-31(2,3)37-30(33)21-36-29-15-9-13-26-27(29)12-6-7-14-28(26)32(4)39(34,35)25-18-16-22(17-19-25)23-10-8-11-24(20-23)38-5;1-28(25-11-4-3-9-24-23(25)10-6-12-26(24)33-18-27(29)30)35(31,32)22-15-13-19(14-16-22)20-7-5-8-21(17-20)34-2/h8-11,13,15-20,28H,6-7,12,14,21H2,1-5H3;5-8,10,12-17,25H,3-4,9,11,18H2,1-2H3,(H,29,30). The van der Waals surface area contributed by atoms with Gasteiger partial charge in [0.25, 0.3) is 0 Å². The predicted molar refractivity (Wildman–Crippen MR) is 295 cm³/mol. The largest absolute Gasteiger partial charge is 0.482 e. The van der Waals surface area contributed by atoms with Crippen molar-refractivity contribution < 1.29 is 45.7 Å². The number of sulfonamides is 2. The zero-order chi connectivity index (χ0) is 53.2. The molecule has 392 valence electrons. The number of rotatable bonds is 16. The maximum absolute atomic E-state index is 13.8. The second-order valence-corrected chi connectivity index (χ2v) is 25.0. The van der Waals surface area contributed by atoms with Crippen LogP contribution in [-0.4, -0.2) is 87.9 Å². The lowest BCUT2D eigenvalue weighted by Crippen LogP contribution is -2.31. The van der Waals surface area contributed by atoms with Gasteiger partial charge in [0.05, 0.1) is 21.9 Å². The van der Waals surface area contributed by atoms with Crippen molar-refractivity contribution in [3.05, 3.63) is 156 Å². The van der Waals surface area contributed by atoms with Gasteiger partial charge in [-0.15, -0.1) is 23.5 Å². The highest BCUT2D eigenvalue weighted by Gasteiger charge is 2.34. The van der Waals surface area contributed by atoms with Gasteiger partial charge in [-0.1, -0.05) is 85.6 Å². The van der Waals surface area contributed by atoms with Gasteiger partial charge in [-0.3, -0.25) is 0 Å². The van der Waals surface area contributed by atoms with Gasteiger partial charge >= 0.3 is 11.9 Å². The number of carbonyl (C=O) groups is 2. The zero-order valence-corrected chi connectivity index (χ0v) is 46.3. The maximum atomic E-state index is 13.8. The van der Waals surface area contributed by atoms with Crippen LogP contribution in [0.15, 0.2) is 153 Å². The molecule has 0 aliphatic heterocycles. The summed E-state index contributed by atoms with van der Waals surface area (Å²) < 4.78 is 74.5. The van der Waals surface area contributed by atoms with Crippen LogP contribution >= 0.6 is 23.5 Å². The van der Waals surface area contributed by atoms with E-state index in [4.69, 9.17) is 19.3 Å². The number of carbonyl (C=O) groups excluding carboxylic acids is 1. The minimum Gasteiger partial charge on any atom is -0.482 e. The molecule has 74 heavy (non-hydrogen) atoms. The van der Waals surface area contributed by atoms with Gasteiger partial charge < -0.3 is 19.3 Å². The average molecular weight is 1080 g/mol. The van der Waals surface area contributed by atoms with E-state index in [0.717, 1.165) is 92.8 Å². The van der Waals surface area contributed by atoms with Crippen LogP contribution in [-0.2, 0) is 47.2 Å². The number of carboxylic acid groups (broad SMARTS) is 1. The summed E-state index contributed by atoms with van der Waals surface area (Å²) in [6.45, 7) is 4.82. The highest BCUT2D eigenvalue weighted by Crippen LogP contribution is 2.41. The first-order valence-electron chi connectivity index (χ1n) is 24.7. The molecule has 0 spiro atoms. The van der Waals surface area contributed by atoms with Crippen LogP contribution in [0.2, 0.25) is 0 Å². The molecule has 0 radical (unpaired) electrons. The minimum atomic E-state index is -3.75. The third kappa shape index (κ3) is 13.8. The van der Waals surface area contributed by atoms with E-state index in [-0.39, 0.29) is 28.5 Å². The number of esters is 1. The monoisotopic (exact) mass is 1080 g/mol. The summed E-state index contributed by atoms with van der Waals surface area (Å²) >= 11 is 3.34. The third-order valence-corrected chi connectivity index (χ3v) is 18.4. The molecule has 0 amide bonds. The quantitative estimate of drug-likeness (QED) is 0.0557. The minimum absolute atomic E-state index is 0.196. The molecule has 2 atom stereocenters. The molecule has 0 saturated carbocycles. The fourth-order valence-electron chi connectivity index (χ4n) is 9.50. The molecule has 0 heterocycles. The number of nitrogens with zero attached hydrogens (tertiary/aromatic N) is 2. The first-order chi connectivity index (χ1) is 35.3. The Labute approximate surface area is 445 Å². The van der Waals surface area contributed by atoms with E-state index in [2.05, 4.69) is 18.2 Å². The Morgan fingerprint density at radius 1 is 0.568 bits per heavy atom. The van der Waals surface area contributed by atoms with Crippen molar-refractivity contribution in [3.63, 3.8) is 0 Å². The molecule has 0 aromatic heterocycles. The van der Waals surface area contributed by atoms with E-state index in [1.165, 1.54) is 8.61 Å². The molecular formula is C58H66N2O10S4. The lowest BCUT2D eigenvalue weighted by atomic mass is 9.98. The summed E-state index contributed by atoms with van der Waals surface area (Å²) in [5, 5.41) is 9.01. The van der Waals surface area contributed by atoms with E-state index < -0.39 is 44.2 Å². The van der Waals surface area contributed by atoms with Crippen LogP contribution in [0, 0.1) is 0 Å². The Hall–Kier alpha value is -5.62. The van der Waals surface area contributed by atoms with Gasteiger partial charge in [-0.2, -0.15) is 8.61 Å². The van der Waals surface area contributed by atoms with Gasteiger partial charge in [-0.25, -0.2) is 26.4 Å². The number of hydrogen-bond donors (Lipinski definition) is 1. The van der Waals surface area contributed by atoms with Gasteiger partial charge in [0.15, 0.2) is 13.2 Å². The van der Waals surface area contributed by atoms with Crippen molar-refractivity contribution in [3.8, 4) is 33.8 Å². The molecule has 1 N–H and O–H groups in total. The molecule has 0 fully saturated rings. The van der Waals surface area contributed by atoms with Crippen LogP contribution in [0.25, 0.3) is 22.3 Å². The molecule has 6 aromatic carbocycles. The molecule has 8 rings (SSSR count). The Bertz CT molecular complexity index is 3140. The molecular weight excluding hydrogens is 1010 g/mol. The topological polar surface area (TPSA) is 157 Å². The second-order valence-electron chi connectivity index (χ2n) is 19.3. The van der Waals surface area contributed by atoms with Crippen LogP contribution in [0.5, 0.6) is 11.5 Å². The summed E-state index contributed by atoms with van der Waals surface area (Å²) in [5.41, 5.74) is 7.08. The highest BCUT2D eigenvalue weighted by molar-refractivity contribution is 7.98. The van der Waals surface area contributed by atoms with Gasteiger partial charge in [-0.05, 0) is 177 Å². The SMILES string of the molecule is CSc1cccc(-c2ccc(S(=O)(=O)N(C)C3CCCCc4c(OCC(=O)O)cccc43)cc2)c1.CSc1cccc(-c2ccc(S(=O)(=O)N(C)C3CCCCc4c(OCC(=O)OC(C)(C)C)cccc43)cc2)c1. The fourth-order valence-corrected chi connectivity index (χ4v) is 13.2. The molecule has 0 bridgehead atoms. The van der Waals surface area contributed by atoms with Crippen molar-refractivity contribution in [2.45, 2.75) is 109 Å². The van der Waals surface area contributed by atoms with Crippen molar-refractivity contribution in [1.82, 2.24) is 8.61 Å². The summed E-state index contributed by atoms with van der Waals surface area (Å²) in [4.78, 5) is 26.1. The van der Waals surface area contributed by atoms with Crippen LogP contribution in [0.3, 0.4) is 0 Å². The highest BCUT2D eigenvalue weighted by atomic mass is 32.2. The Morgan fingerprint density at radius 3 is 1.36 bits per heavy atom. The number of aliphatic carboxylic acids is 1. The first-order valence-corrected chi connectivity index (χ1v) is 30.0. The molecule has 0 saturated heterocycles. The lowest BCUT2D eigenvalue weighted by Gasteiger charge is -2.29. The molecule has 2 aliphatic rings. The van der Waals surface area contributed by atoms with Crippen LogP contribution in [0.1, 0.15) is 93.6 Å². The zero-order valence-electron chi connectivity index (χ0n) is 43.1. The summed E-state index contributed by atoms with van der Waals surface area (Å²) in [7, 11) is -4.23. The Balaban J connectivity index is 0.000000217. The molecule has 6 aromatic rings. The number of carboxylic acids is 1. The number of ether oxygens (including phenoxy) is 3. The van der Waals surface area contributed by atoms with E-state index in [0.29, 0.717) is 24.3 Å². The van der Waals surface area contributed by atoms with Gasteiger partial charge in [0.2, 0.25) is 20.0 Å². The van der Waals surface area contributed by atoms with Gasteiger partial charge in [0.1, 0.15) is 17.1 Å². The number of benzene rings is 6. The smallest absolute Gasteiger partial charge is 0.344 e. The van der Waals surface area contributed by atoms with Crippen molar-refractivity contribution in [2.24, 2.45) is 0 Å². The Morgan fingerprint density at radius 2 is 0.973 bits per heavy atom. The molecule has 2 unspecified atom stereocenters. The lowest BCUT2D eigenvalue weighted by molar-refractivity contribution is -0.157. The van der Waals surface area contributed by atoms with Crippen molar-refractivity contribution in [1.29, 1.82) is 0 Å². The summed E-state index contributed by atoms with van der Waals surface area (Å²) in [6, 6.07) is 40.9. The van der Waals surface area contributed by atoms with Crippen LogP contribution in [0.4, 0.5) is 0 Å². The van der Waals surface area contributed by atoms with E-state index in [9.17, 15) is 26.4 Å². The number of fused-ring (bicyclic) bond motifs is 2. The van der Waals surface area contributed by atoms with E-state index >= 15 is 0 Å². The Kier molecular flexibility index (Phi) is 18.8. The van der Waals surface area contributed by atoms with Gasteiger partial charge in [0, 0.05) is 23.9 Å². The average Bonchev–Trinajstić information content (AvgIpc) is 3.76.